The summed E-state index contributed by atoms with van der Waals surface area (Å²) in [6.45, 7) is 4.39. The van der Waals surface area contributed by atoms with Gasteiger partial charge in [0, 0.05) is 17.8 Å². The molecule has 96 valence electrons. The van der Waals surface area contributed by atoms with E-state index in [1.54, 1.807) is 0 Å². The van der Waals surface area contributed by atoms with E-state index >= 15 is 0 Å². The van der Waals surface area contributed by atoms with Crippen molar-refractivity contribution in [1.29, 1.82) is 0 Å². The first-order valence-electron chi connectivity index (χ1n) is 5.31. The Morgan fingerprint density at radius 3 is 2.76 bits per heavy atom. The van der Waals surface area contributed by atoms with Crippen molar-refractivity contribution in [1.82, 2.24) is 9.88 Å². The summed E-state index contributed by atoms with van der Waals surface area (Å²) in [4.78, 5) is 18.2. The minimum Gasteiger partial charge on any atom is -0.304 e. The highest BCUT2D eigenvalue weighted by Crippen LogP contribution is 2.22. The maximum absolute atomic E-state index is 11.9. The zero-order valence-electron chi connectivity index (χ0n) is 10.6. The zero-order valence-corrected chi connectivity index (χ0v) is 12.2. The van der Waals surface area contributed by atoms with Crippen molar-refractivity contribution in [3.05, 3.63) is 11.1 Å². The van der Waals surface area contributed by atoms with Crippen LogP contribution in [-0.4, -0.2) is 35.8 Å². The molecule has 0 saturated heterocycles. The van der Waals surface area contributed by atoms with Gasteiger partial charge >= 0.3 is 0 Å². The molecule has 0 bridgehead atoms. The Morgan fingerprint density at radius 2 is 2.24 bits per heavy atom. The van der Waals surface area contributed by atoms with Crippen LogP contribution in [0.15, 0.2) is 5.38 Å². The molecular weight excluding hydrogens is 258 g/mol. The molecule has 0 spiro atoms. The number of rotatable bonds is 5. The van der Waals surface area contributed by atoms with Crippen LogP contribution in [0.5, 0.6) is 0 Å². The number of nitrogens with zero attached hydrogens (tertiary/aromatic N) is 2. The van der Waals surface area contributed by atoms with E-state index in [1.165, 1.54) is 11.3 Å². The molecule has 0 aliphatic carbocycles. The number of amides is 1. The number of nitrogens with one attached hydrogen (secondary N) is 1. The molecule has 1 N–H and O–H groups in total. The third-order valence-corrected chi connectivity index (χ3v) is 3.67. The molecule has 4 nitrogen and oxygen atoms in total. The largest absolute Gasteiger partial charge is 0.304 e. The molecule has 17 heavy (non-hydrogen) atoms. The Hall–Kier alpha value is -0.650. The number of carbonyl (C=O) groups excluding carboxylic acids is 1. The van der Waals surface area contributed by atoms with Gasteiger partial charge in [-0.2, -0.15) is 0 Å². The van der Waals surface area contributed by atoms with Crippen molar-refractivity contribution in [3.63, 3.8) is 0 Å². The normalized spacial score (nSPS) is 11.9. The molecule has 0 aliphatic heterocycles. The van der Waals surface area contributed by atoms with Crippen LogP contribution < -0.4 is 5.32 Å². The van der Waals surface area contributed by atoms with Crippen molar-refractivity contribution in [2.75, 3.05) is 25.3 Å². The third-order valence-electron chi connectivity index (χ3n) is 2.20. The topological polar surface area (TPSA) is 45.2 Å². The van der Waals surface area contributed by atoms with Crippen molar-refractivity contribution in [2.45, 2.75) is 20.4 Å². The summed E-state index contributed by atoms with van der Waals surface area (Å²) in [6.07, 6.45) is 0. The monoisotopic (exact) mass is 275 g/mol. The molecule has 0 unspecified atom stereocenters. The van der Waals surface area contributed by atoms with Crippen LogP contribution in [0.4, 0.5) is 5.13 Å². The summed E-state index contributed by atoms with van der Waals surface area (Å²) in [7, 11) is 3.96. The second-order valence-corrected chi connectivity index (χ2v) is 5.98. The van der Waals surface area contributed by atoms with Crippen LogP contribution in [0, 0.1) is 5.41 Å². The van der Waals surface area contributed by atoms with Crippen molar-refractivity contribution in [3.8, 4) is 0 Å². The summed E-state index contributed by atoms with van der Waals surface area (Å²) in [5.41, 5.74) is 0.383. The standard InChI is InChI=1S/C11H18ClN3OS/c1-11(2,7-12)9(16)14-10-13-8(6-17-10)5-15(3)4/h6H,5,7H2,1-4H3,(H,13,14,16). The smallest absolute Gasteiger partial charge is 0.233 e. The van der Waals surface area contributed by atoms with E-state index in [2.05, 4.69) is 10.3 Å². The van der Waals surface area contributed by atoms with Gasteiger partial charge in [0.15, 0.2) is 5.13 Å². The van der Waals surface area contributed by atoms with E-state index < -0.39 is 5.41 Å². The second kappa shape index (κ2) is 5.80. The molecule has 0 aromatic carbocycles. The highest BCUT2D eigenvalue weighted by atomic mass is 35.5. The summed E-state index contributed by atoms with van der Waals surface area (Å²) in [5.74, 6) is 0.188. The van der Waals surface area contributed by atoms with Gasteiger partial charge in [0.25, 0.3) is 0 Å². The maximum Gasteiger partial charge on any atom is 0.233 e. The first-order chi connectivity index (χ1) is 7.85. The van der Waals surface area contributed by atoms with E-state index in [0.29, 0.717) is 5.13 Å². The van der Waals surface area contributed by atoms with E-state index in [9.17, 15) is 4.79 Å². The number of anilines is 1. The number of hydrogen-bond donors (Lipinski definition) is 1. The number of hydrogen-bond acceptors (Lipinski definition) is 4. The Morgan fingerprint density at radius 1 is 1.59 bits per heavy atom. The Kier molecular flexibility index (Phi) is 4.91. The van der Waals surface area contributed by atoms with E-state index in [-0.39, 0.29) is 11.8 Å². The van der Waals surface area contributed by atoms with Gasteiger partial charge < -0.3 is 10.2 Å². The molecule has 0 radical (unpaired) electrons. The number of thiazole rings is 1. The highest BCUT2D eigenvalue weighted by Gasteiger charge is 2.27. The Balaban J connectivity index is 2.64. The molecule has 1 heterocycles. The van der Waals surface area contributed by atoms with Gasteiger partial charge in [0.1, 0.15) is 0 Å². The van der Waals surface area contributed by atoms with Crippen molar-refractivity contribution < 1.29 is 4.79 Å². The Bertz CT molecular complexity index is 390. The van der Waals surface area contributed by atoms with Gasteiger partial charge in [0.2, 0.25) is 5.91 Å². The molecule has 6 heteroatoms. The molecular formula is C11H18ClN3OS. The van der Waals surface area contributed by atoms with Crippen LogP contribution in [0.3, 0.4) is 0 Å². The predicted octanol–water partition coefficient (Wildman–Crippen LogP) is 2.41. The lowest BCUT2D eigenvalue weighted by Gasteiger charge is -2.19. The fourth-order valence-electron chi connectivity index (χ4n) is 1.09. The molecule has 1 aromatic rings. The summed E-state index contributed by atoms with van der Waals surface area (Å²) >= 11 is 7.18. The molecule has 0 fully saturated rings. The molecule has 1 amide bonds. The lowest BCUT2D eigenvalue weighted by atomic mass is 9.95. The fourth-order valence-corrected chi connectivity index (χ4v) is 1.91. The van der Waals surface area contributed by atoms with Crippen LogP contribution >= 0.6 is 22.9 Å². The number of carbonyl (C=O) groups is 1. The van der Waals surface area contributed by atoms with Crippen LogP contribution in [0.2, 0.25) is 0 Å². The van der Waals surface area contributed by atoms with Gasteiger partial charge in [-0.15, -0.1) is 22.9 Å². The van der Waals surface area contributed by atoms with Gasteiger partial charge in [-0.05, 0) is 27.9 Å². The molecule has 1 aromatic heterocycles. The SMILES string of the molecule is CN(C)Cc1csc(NC(=O)C(C)(C)CCl)n1. The fraction of sp³-hybridized carbons (Fsp3) is 0.636. The average Bonchev–Trinajstić information content (AvgIpc) is 2.64. The van der Waals surface area contributed by atoms with Gasteiger partial charge in [-0.3, -0.25) is 4.79 Å². The summed E-state index contributed by atoms with van der Waals surface area (Å²) in [6, 6.07) is 0. The van der Waals surface area contributed by atoms with Gasteiger partial charge in [-0.1, -0.05) is 0 Å². The minimum absolute atomic E-state index is 0.0988. The van der Waals surface area contributed by atoms with E-state index in [4.69, 9.17) is 11.6 Å². The quantitative estimate of drug-likeness (QED) is 0.840. The molecule has 0 saturated carbocycles. The lowest BCUT2D eigenvalue weighted by Crippen LogP contribution is -2.32. The van der Waals surface area contributed by atoms with Crippen LogP contribution in [-0.2, 0) is 11.3 Å². The number of alkyl halides is 1. The first-order valence-corrected chi connectivity index (χ1v) is 6.73. The zero-order chi connectivity index (χ0) is 13.1. The van der Waals surface area contributed by atoms with E-state index in [0.717, 1.165) is 12.2 Å². The second-order valence-electron chi connectivity index (χ2n) is 4.85. The summed E-state index contributed by atoms with van der Waals surface area (Å²) < 4.78 is 0. The number of halogens is 1. The highest BCUT2D eigenvalue weighted by molar-refractivity contribution is 7.13. The molecule has 0 atom stereocenters. The maximum atomic E-state index is 11.9. The summed E-state index contributed by atoms with van der Waals surface area (Å²) in [5, 5.41) is 5.37. The Labute approximate surface area is 111 Å². The van der Waals surface area contributed by atoms with Crippen molar-refractivity contribution in [2.24, 2.45) is 5.41 Å². The first kappa shape index (κ1) is 14.4. The predicted molar refractivity (Wildman–Crippen MR) is 72.6 cm³/mol. The van der Waals surface area contributed by atoms with Gasteiger partial charge in [-0.25, -0.2) is 4.98 Å². The molecule has 0 aliphatic rings. The average molecular weight is 276 g/mol. The van der Waals surface area contributed by atoms with Crippen LogP contribution in [0.1, 0.15) is 19.5 Å². The van der Waals surface area contributed by atoms with Crippen LogP contribution in [0.25, 0.3) is 0 Å². The minimum atomic E-state index is -0.574. The number of aromatic nitrogens is 1. The van der Waals surface area contributed by atoms with E-state index in [1.807, 2.05) is 38.2 Å². The third kappa shape index (κ3) is 4.26. The van der Waals surface area contributed by atoms with Gasteiger partial charge in [0.05, 0.1) is 11.1 Å². The van der Waals surface area contributed by atoms with Crippen molar-refractivity contribution >= 4 is 34.0 Å². The molecule has 1 rings (SSSR count). The lowest BCUT2D eigenvalue weighted by molar-refractivity contribution is -0.122.